The minimum Gasteiger partial charge on any atom is -0.496 e. The molecule has 1 aromatic heterocycles. The molecular formula is C22H26N4O4. The van der Waals surface area contributed by atoms with Gasteiger partial charge >= 0.3 is 6.03 Å². The molecule has 0 aliphatic heterocycles. The molecule has 0 saturated carbocycles. The third-order valence-electron chi connectivity index (χ3n) is 5.00. The lowest BCUT2D eigenvalue weighted by Gasteiger charge is -2.23. The zero-order chi connectivity index (χ0) is 21.7. The largest absolute Gasteiger partial charge is 0.496 e. The summed E-state index contributed by atoms with van der Waals surface area (Å²) in [6.45, 7) is 1.91. The van der Waals surface area contributed by atoms with Crippen LogP contribution in [0.2, 0.25) is 0 Å². The number of para-hydroxylation sites is 2. The first kappa shape index (κ1) is 21.2. The van der Waals surface area contributed by atoms with E-state index in [2.05, 4.69) is 5.32 Å². The van der Waals surface area contributed by atoms with Crippen LogP contribution in [0.15, 0.2) is 59.4 Å². The molecule has 2 N–H and O–H groups in total. The highest BCUT2D eigenvalue weighted by Gasteiger charge is 2.21. The van der Waals surface area contributed by atoms with Crippen LogP contribution in [0.1, 0.15) is 11.3 Å². The molecular weight excluding hydrogens is 384 g/mol. The first-order valence-electron chi connectivity index (χ1n) is 9.60. The number of urea groups is 1. The van der Waals surface area contributed by atoms with E-state index >= 15 is 0 Å². The zero-order valence-electron chi connectivity index (χ0n) is 17.3. The van der Waals surface area contributed by atoms with Crippen molar-refractivity contribution in [3.05, 3.63) is 76.2 Å². The summed E-state index contributed by atoms with van der Waals surface area (Å²) in [6.07, 6.45) is 0. The second kappa shape index (κ2) is 9.32. The summed E-state index contributed by atoms with van der Waals surface area (Å²) < 4.78 is 8.55. The highest BCUT2D eigenvalue weighted by atomic mass is 16.5. The average Bonchev–Trinajstić information content (AvgIpc) is 2.97. The number of carbonyl (C=O) groups is 1. The highest BCUT2D eigenvalue weighted by molar-refractivity contribution is 5.89. The Kier molecular flexibility index (Phi) is 6.58. The summed E-state index contributed by atoms with van der Waals surface area (Å²) >= 11 is 0. The van der Waals surface area contributed by atoms with Crippen molar-refractivity contribution in [3.63, 3.8) is 0 Å². The summed E-state index contributed by atoms with van der Waals surface area (Å²) in [5, 5.41) is 12.2. The monoisotopic (exact) mass is 410 g/mol. The van der Waals surface area contributed by atoms with Crippen LogP contribution in [0.4, 0.5) is 10.5 Å². The standard InChI is InChI=1S/C22H26N4O4/c1-16-20(21(28)26(24(16)2)18-10-5-4-6-11-18)23-22(29)25(13-14-27)15-17-9-7-8-12-19(17)30-3/h4-12,27H,13-15H2,1-3H3,(H,23,29). The predicted molar refractivity (Wildman–Crippen MR) is 115 cm³/mol. The Bertz CT molecular complexity index is 1070. The summed E-state index contributed by atoms with van der Waals surface area (Å²) in [5.74, 6) is 0.649. The molecule has 0 aliphatic rings. The van der Waals surface area contributed by atoms with Gasteiger partial charge in [-0.2, -0.15) is 0 Å². The smallest absolute Gasteiger partial charge is 0.322 e. The summed E-state index contributed by atoms with van der Waals surface area (Å²) in [4.78, 5) is 27.4. The minimum atomic E-state index is -0.471. The van der Waals surface area contributed by atoms with Crippen molar-refractivity contribution in [2.75, 3.05) is 25.6 Å². The third-order valence-corrected chi connectivity index (χ3v) is 5.00. The highest BCUT2D eigenvalue weighted by Crippen LogP contribution is 2.20. The van der Waals surface area contributed by atoms with E-state index in [0.29, 0.717) is 17.1 Å². The second-order valence-electron chi connectivity index (χ2n) is 6.82. The summed E-state index contributed by atoms with van der Waals surface area (Å²) in [7, 11) is 3.33. The van der Waals surface area contributed by atoms with Gasteiger partial charge in [0.1, 0.15) is 11.4 Å². The van der Waals surface area contributed by atoms with Crippen molar-refractivity contribution in [3.8, 4) is 11.4 Å². The summed E-state index contributed by atoms with van der Waals surface area (Å²) in [6, 6.07) is 16.1. The molecule has 1 heterocycles. The lowest BCUT2D eigenvalue weighted by molar-refractivity contribution is 0.184. The van der Waals surface area contributed by atoms with Crippen LogP contribution in [0, 0.1) is 6.92 Å². The maximum Gasteiger partial charge on any atom is 0.322 e. The normalized spacial score (nSPS) is 10.7. The first-order chi connectivity index (χ1) is 14.5. The van der Waals surface area contributed by atoms with Crippen molar-refractivity contribution >= 4 is 11.7 Å². The number of aromatic nitrogens is 2. The van der Waals surface area contributed by atoms with Gasteiger partial charge in [0.2, 0.25) is 0 Å². The first-order valence-corrected chi connectivity index (χ1v) is 9.60. The number of carbonyl (C=O) groups excluding carboxylic acids is 1. The second-order valence-corrected chi connectivity index (χ2v) is 6.82. The molecule has 3 aromatic rings. The van der Waals surface area contributed by atoms with Gasteiger partial charge in [-0.3, -0.25) is 9.48 Å². The van der Waals surface area contributed by atoms with Crippen LogP contribution in [0.3, 0.4) is 0 Å². The average molecular weight is 410 g/mol. The van der Waals surface area contributed by atoms with Crippen molar-refractivity contribution in [1.82, 2.24) is 14.3 Å². The molecule has 2 amide bonds. The fraction of sp³-hybridized carbons (Fsp3) is 0.273. The van der Waals surface area contributed by atoms with Crippen molar-refractivity contribution in [2.45, 2.75) is 13.5 Å². The molecule has 0 saturated heterocycles. The van der Waals surface area contributed by atoms with E-state index in [9.17, 15) is 14.7 Å². The Balaban J connectivity index is 1.89. The molecule has 0 unspecified atom stereocenters. The molecule has 0 radical (unpaired) electrons. The SMILES string of the molecule is COc1ccccc1CN(CCO)C(=O)Nc1c(C)n(C)n(-c2ccccc2)c1=O. The summed E-state index contributed by atoms with van der Waals surface area (Å²) in [5.41, 5.74) is 2.01. The van der Waals surface area contributed by atoms with Gasteiger partial charge in [-0.15, -0.1) is 0 Å². The number of aliphatic hydroxyl groups is 1. The molecule has 2 aromatic carbocycles. The molecule has 8 nitrogen and oxygen atoms in total. The number of nitrogens with zero attached hydrogens (tertiary/aromatic N) is 3. The Hall–Kier alpha value is -3.52. The topological polar surface area (TPSA) is 88.7 Å². The molecule has 158 valence electrons. The van der Waals surface area contributed by atoms with E-state index < -0.39 is 6.03 Å². The zero-order valence-corrected chi connectivity index (χ0v) is 17.3. The van der Waals surface area contributed by atoms with Gasteiger partial charge in [0.25, 0.3) is 5.56 Å². The molecule has 0 spiro atoms. The van der Waals surface area contributed by atoms with Crippen molar-refractivity contribution in [1.29, 1.82) is 0 Å². The maximum atomic E-state index is 13.0. The Morgan fingerprint density at radius 1 is 1.13 bits per heavy atom. The van der Waals surface area contributed by atoms with Crippen molar-refractivity contribution < 1.29 is 14.6 Å². The van der Waals surface area contributed by atoms with Crippen molar-refractivity contribution in [2.24, 2.45) is 7.05 Å². The molecule has 0 bridgehead atoms. The number of anilines is 1. The number of hydrogen-bond acceptors (Lipinski definition) is 4. The number of rotatable bonds is 7. The maximum absolute atomic E-state index is 13.0. The van der Waals surface area contributed by atoms with Gasteiger partial charge in [0.15, 0.2) is 0 Å². The number of nitrogens with one attached hydrogen (secondary N) is 1. The van der Waals surface area contributed by atoms with E-state index in [1.54, 1.807) is 25.8 Å². The lowest BCUT2D eigenvalue weighted by atomic mass is 10.2. The number of amides is 2. The van der Waals surface area contributed by atoms with Crippen LogP contribution in [-0.2, 0) is 13.6 Å². The van der Waals surface area contributed by atoms with Gasteiger partial charge in [-0.05, 0) is 25.1 Å². The van der Waals surface area contributed by atoms with Gasteiger partial charge in [0, 0.05) is 19.2 Å². The molecule has 8 heteroatoms. The van der Waals surface area contributed by atoms with E-state index in [4.69, 9.17) is 4.74 Å². The fourth-order valence-electron chi connectivity index (χ4n) is 3.31. The molecule has 30 heavy (non-hydrogen) atoms. The van der Waals surface area contributed by atoms with Crippen LogP contribution in [-0.4, -0.2) is 45.7 Å². The van der Waals surface area contributed by atoms with E-state index in [1.807, 2.05) is 54.6 Å². The van der Waals surface area contributed by atoms with Gasteiger partial charge in [-0.25, -0.2) is 9.48 Å². The van der Waals surface area contributed by atoms with E-state index in [1.165, 1.54) is 9.58 Å². The molecule has 0 fully saturated rings. The quantitative estimate of drug-likeness (QED) is 0.626. The molecule has 0 aliphatic carbocycles. The van der Waals surface area contributed by atoms with Crippen LogP contribution in [0.25, 0.3) is 5.69 Å². The van der Waals surface area contributed by atoms with Gasteiger partial charge in [0.05, 0.1) is 31.6 Å². The van der Waals surface area contributed by atoms with Crippen LogP contribution in [0.5, 0.6) is 5.75 Å². The number of ether oxygens (including phenoxy) is 1. The lowest BCUT2D eigenvalue weighted by Crippen LogP contribution is -2.37. The predicted octanol–water partition coefficient (Wildman–Crippen LogP) is 2.52. The Labute approximate surface area is 174 Å². The number of methoxy groups -OCH3 is 1. The van der Waals surface area contributed by atoms with E-state index in [-0.39, 0.29) is 30.9 Å². The number of benzene rings is 2. The van der Waals surface area contributed by atoms with Gasteiger partial charge in [-0.1, -0.05) is 36.4 Å². The molecule has 3 rings (SSSR count). The van der Waals surface area contributed by atoms with Gasteiger partial charge < -0.3 is 20.1 Å². The number of hydrogen-bond donors (Lipinski definition) is 2. The van der Waals surface area contributed by atoms with Crippen LogP contribution >= 0.6 is 0 Å². The van der Waals surface area contributed by atoms with Crippen LogP contribution < -0.4 is 15.6 Å². The minimum absolute atomic E-state index is 0.114. The Morgan fingerprint density at radius 3 is 2.47 bits per heavy atom. The number of aliphatic hydroxyl groups excluding tert-OH is 1. The molecule has 0 atom stereocenters. The van der Waals surface area contributed by atoms with E-state index in [0.717, 1.165) is 5.56 Å². The third kappa shape index (κ3) is 4.23. The fourth-order valence-corrected chi connectivity index (χ4v) is 3.31. The Morgan fingerprint density at radius 2 is 1.80 bits per heavy atom.